The van der Waals surface area contributed by atoms with Gasteiger partial charge in [-0.2, -0.15) is 0 Å². The molecule has 1 aliphatic heterocycles. The van der Waals surface area contributed by atoms with Crippen LogP contribution in [0.5, 0.6) is 0 Å². The summed E-state index contributed by atoms with van der Waals surface area (Å²) in [4.78, 5) is 23.9. The summed E-state index contributed by atoms with van der Waals surface area (Å²) in [5.41, 5.74) is 1.61. The minimum absolute atomic E-state index is 0.337. The molecule has 27 heavy (non-hydrogen) atoms. The van der Waals surface area contributed by atoms with Crippen LogP contribution in [0, 0.1) is 11.3 Å². The fourth-order valence-electron chi connectivity index (χ4n) is 5.41. The molecule has 0 radical (unpaired) electrons. The summed E-state index contributed by atoms with van der Waals surface area (Å²) in [5.74, 6) is 2.38. The molecule has 2 aromatic rings. The lowest BCUT2D eigenvalue weighted by Crippen LogP contribution is -2.40. The van der Waals surface area contributed by atoms with E-state index in [-0.39, 0.29) is 0 Å². The topological polar surface area (TPSA) is 51.0 Å². The van der Waals surface area contributed by atoms with Crippen LogP contribution in [0.25, 0.3) is 0 Å². The minimum Gasteiger partial charge on any atom is -0.342 e. The van der Waals surface area contributed by atoms with E-state index >= 15 is 0 Å². The number of piperidine rings is 1. The first-order valence-electron chi connectivity index (χ1n) is 10.4. The van der Waals surface area contributed by atoms with Crippen LogP contribution in [0.2, 0.25) is 0 Å². The number of rotatable bonds is 4. The molecule has 0 N–H and O–H groups in total. The van der Waals surface area contributed by atoms with E-state index in [1.165, 1.54) is 31.2 Å². The molecule has 5 nitrogen and oxygen atoms in total. The lowest BCUT2D eigenvalue weighted by molar-refractivity contribution is -0.134. The SMILES string of the molecule is O=C(C1CC12CCCC2)N1CCC(c2nccn2Cc2cccnc2)CC1. The summed E-state index contributed by atoms with van der Waals surface area (Å²) < 4.78 is 2.24. The Kier molecular flexibility index (Phi) is 4.25. The van der Waals surface area contributed by atoms with Crippen LogP contribution >= 0.6 is 0 Å². The number of carbonyl (C=O) groups excluding carboxylic acids is 1. The Hall–Kier alpha value is -2.17. The predicted molar refractivity (Wildman–Crippen MR) is 103 cm³/mol. The Bertz CT molecular complexity index is 801. The van der Waals surface area contributed by atoms with Crippen LogP contribution in [0.4, 0.5) is 0 Å². The molecular formula is C22H28N4O. The van der Waals surface area contributed by atoms with Gasteiger partial charge in [0.15, 0.2) is 0 Å². The van der Waals surface area contributed by atoms with Gasteiger partial charge in [0.2, 0.25) is 5.91 Å². The number of hydrogen-bond acceptors (Lipinski definition) is 3. The summed E-state index contributed by atoms with van der Waals surface area (Å²) in [7, 11) is 0. The Morgan fingerprint density at radius 3 is 2.74 bits per heavy atom. The van der Waals surface area contributed by atoms with E-state index in [4.69, 9.17) is 0 Å². The lowest BCUT2D eigenvalue weighted by Gasteiger charge is -2.32. The number of hydrogen-bond donors (Lipinski definition) is 0. The van der Waals surface area contributed by atoms with Gasteiger partial charge in [0.1, 0.15) is 5.82 Å². The average molecular weight is 364 g/mol. The quantitative estimate of drug-likeness (QED) is 0.833. The van der Waals surface area contributed by atoms with Gasteiger partial charge in [0.05, 0.1) is 6.54 Å². The van der Waals surface area contributed by atoms with Gasteiger partial charge in [-0.1, -0.05) is 18.9 Å². The first-order chi connectivity index (χ1) is 13.3. The molecule has 0 bridgehead atoms. The van der Waals surface area contributed by atoms with Crippen molar-refractivity contribution in [1.82, 2.24) is 19.4 Å². The summed E-state index contributed by atoms with van der Waals surface area (Å²) in [6, 6.07) is 4.08. The predicted octanol–water partition coefficient (Wildman–Crippen LogP) is 3.61. The van der Waals surface area contributed by atoms with Gasteiger partial charge in [0, 0.05) is 49.7 Å². The molecular weight excluding hydrogens is 336 g/mol. The molecule has 5 rings (SSSR count). The molecule has 5 heteroatoms. The van der Waals surface area contributed by atoms with Gasteiger partial charge < -0.3 is 9.47 Å². The van der Waals surface area contributed by atoms with Crippen LogP contribution in [0.15, 0.2) is 36.9 Å². The number of carbonyl (C=O) groups is 1. The molecule has 0 aromatic carbocycles. The summed E-state index contributed by atoms with van der Waals surface area (Å²) in [6.45, 7) is 2.58. The van der Waals surface area contributed by atoms with Gasteiger partial charge in [0.25, 0.3) is 0 Å². The molecule has 1 amide bonds. The molecule has 1 spiro atoms. The van der Waals surface area contributed by atoms with E-state index in [0.29, 0.717) is 23.2 Å². The van der Waals surface area contributed by atoms with E-state index in [0.717, 1.165) is 44.7 Å². The van der Waals surface area contributed by atoms with Gasteiger partial charge in [-0.05, 0) is 49.1 Å². The normalized spacial score (nSPS) is 24.4. The van der Waals surface area contributed by atoms with Gasteiger partial charge in [-0.15, -0.1) is 0 Å². The van der Waals surface area contributed by atoms with Crippen molar-refractivity contribution in [2.75, 3.05) is 13.1 Å². The maximum Gasteiger partial charge on any atom is 0.226 e. The number of aromatic nitrogens is 3. The molecule has 2 saturated carbocycles. The van der Waals surface area contributed by atoms with Gasteiger partial charge >= 0.3 is 0 Å². The van der Waals surface area contributed by atoms with Crippen LogP contribution in [-0.2, 0) is 11.3 Å². The van der Waals surface area contributed by atoms with Crippen molar-refractivity contribution in [3.05, 3.63) is 48.3 Å². The molecule has 2 aromatic heterocycles. The molecule has 2 aliphatic carbocycles. The second-order valence-corrected chi connectivity index (χ2v) is 8.70. The second kappa shape index (κ2) is 6.77. The largest absolute Gasteiger partial charge is 0.342 e. The smallest absolute Gasteiger partial charge is 0.226 e. The van der Waals surface area contributed by atoms with Crippen molar-refractivity contribution < 1.29 is 4.79 Å². The third-order valence-electron chi connectivity index (χ3n) is 7.08. The van der Waals surface area contributed by atoms with Crippen molar-refractivity contribution in [1.29, 1.82) is 0 Å². The summed E-state index contributed by atoms with van der Waals surface area (Å²) in [5, 5.41) is 0. The Balaban J connectivity index is 1.20. The van der Waals surface area contributed by atoms with Crippen LogP contribution < -0.4 is 0 Å². The highest BCUT2D eigenvalue weighted by Crippen LogP contribution is 2.63. The number of pyridine rings is 1. The van der Waals surface area contributed by atoms with E-state index in [2.05, 4.69) is 31.7 Å². The van der Waals surface area contributed by atoms with Gasteiger partial charge in [-0.3, -0.25) is 9.78 Å². The van der Waals surface area contributed by atoms with E-state index in [1.807, 2.05) is 18.5 Å². The zero-order valence-electron chi connectivity index (χ0n) is 15.9. The molecule has 3 aliphatic rings. The van der Waals surface area contributed by atoms with E-state index in [1.54, 1.807) is 6.20 Å². The molecule has 142 valence electrons. The Morgan fingerprint density at radius 2 is 2.00 bits per heavy atom. The van der Waals surface area contributed by atoms with Crippen LogP contribution in [-0.4, -0.2) is 38.4 Å². The number of likely N-dealkylation sites (tertiary alicyclic amines) is 1. The maximum atomic E-state index is 12.9. The van der Waals surface area contributed by atoms with Crippen molar-refractivity contribution in [2.45, 2.75) is 57.4 Å². The fraction of sp³-hybridized carbons (Fsp3) is 0.591. The van der Waals surface area contributed by atoms with Crippen LogP contribution in [0.3, 0.4) is 0 Å². The first-order valence-corrected chi connectivity index (χ1v) is 10.4. The fourth-order valence-corrected chi connectivity index (χ4v) is 5.41. The van der Waals surface area contributed by atoms with Crippen molar-refractivity contribution in [3.63, 3.8) is 0 Å². The van der Waals surface area contributed by atoms with E-state index in [9.17, 15) is 4.79 Å². The second-order valence-electron chi connectivity index (χ2n) is 8.70. The molecule has 1 unspecified atom stereocenters. The highest BCUT2D eigenvalue weighted by atomic mass is 16.2. The highest BCUT2D eigenvalue weighted by molar-refractivity contribution is 5.83. The zero-order chi connectivity index (χ0) is 18.3. The third-order valence-corrected chi connectivity index (χ3v) is 7.08. The van der Waals surface area contributed by atoms with Gasteiger partial charge in [-0.25, -0.2) is 4.98 Å². The number of imidazole rings is 1. The maximum absolute atomic E-state index is 12.9. The van der Waals surface area contributed by atoms with Crippen LogP contribution in [0.1, 0.15) is 62.3 Å². The average Bonchev–Trinajstić information content (AvgIpc) is 3.01. The first kappa shape index (κ1) is 17.0. The monoisotopic (exact) mass is 364 g/mol. The molecule has 1 atom stereocenters. The standard InChI is InChI=1S/C22H28N4O/c27-21(19-14-22(19)7-1-2-8-22)25-11-5-18(6-12-25)20-24-10-13-26(20)16-17-4-3-9-23-15-17/h3-4,9-10,13,15,18-19H,1-2,5-8,11-12,14,16H2. The Labute approximate surface area is 160 Å². The molecule has 3 heterocycles. The zero-order valence-corrected chi connectivity index (χ0v) is 15.9. The summed E-state index contributed by atoms with van der Waals surface area (Å²) in [6.07, 6.45) is 16.1. The summed E-state index contributed by atoms with van der Waals surface area (Å²) >= 11 is 0. The molecule has 1 saturated heterocycles. The molecule has 3 fully saturated rings. The van der Waals surface area contributed by atoms with Crippen molar-refractivity contribution >= 4 is 5.91 Å². The lowest BCUT2D eigenvalue weighted by atomic mass is 9.94. The number of nitrogens with zero attached hydrogens (tertiary/aromatic N) is 4. The van der Waals surface area contributed by atoms with E-state index < -0.39 is 0 Å². The Morgan fingerprint density at radius 1 is 1.19 bits per heavy atom. The minimum atomic E-state index is 0.337. The number of amides is 1. The highest BCUT2D eigenvalue weighted by Gasteiger charge is 2.59. The third kappa shape index (κ3) is 3.17. The van der Waals surface area contributed by atoms with Crippen molar-refractivity contribution in [2.24, 2.45) is 11.3 Å². The van der Waals surface area contributed by atoms with Crippen molar-refractivity contribution in [3.8, 4) is 0 Å².